The Morgan fingerprint density at radius 2 is 2.53 bits per heavy atom. The molecule has 84 valence electrons. The maximum Gasteiger partial charge on any atom is 0.236 e. The van der Waals surface area contributed by atoms with Gasteiger partial charge in [-0.15, -0.1) is 0 Å². The number of amides is 1. The molecule has 0 aliphatic heterocycles. The molecule has 0 spiro atoms. The van der Waals surface area contributed by atoms with Crippen LogP contribution in [0.5, 0.6) is 0 Å². The number of nitrogens with two attached hydrogens (primary N) is 1. The van der Waals surface area contributed by atoms with Crippen molar-refractivity contribution in [3.63, 3.8) is 0 Å². The molecule has 1 rings (SSSR count). The van der Waals surface area contributed by atoms with E-state index in [2.05, 4.69) is 20.5 Å². The van der Waals surface area contributed by atoms with Crippen LogP contribution < -0.4 is 11.1 Å². The molecule has 0 aliphatic carbocycles. The molecule has 4 N–H and O–H groups in total. The van der Waals surface area contributed by atoms with Crippen molar-refractivity contribution in [1.29, 1.82) is 0 Å². The van der Waals surface area contributed by atoms with Crippen LogP contribution in [0.25, 0.3) is 0 Å². The van der Waals surface area contributed by atoms with Crippen LogP contribution in [-0.2, 0) is 11.2 Å². The van der Waals surface area contributed by atoms with Crippen molar-refractivity contribution >= 4 is 5.91 Å². The highest BCUT2D eigenvalue weighted by Crippen LogP contribution is 1.92. The van der Waals surface area contributed by atoms with Gasteiger partial charge in [0.2, 0.25) is 5.91 Å². The summed E-state index contributed by atoms with van der Waals surface area (Å²) in [7, 11) is 0. The van der Waals surface area contributed by atoms with Crippen molar-refractivity contribution < 1.29 is 4.79 Å². The molecule has 1 heterocycles. The summed E-state index contributed by atoms with van der Waals surface area (Å²) in [4.78, 5) is 15.2. The van der Waals surface area contributed by atoms with Crippen molar-refractivity contribution in [2.45, 2.75) is 32.2 Å². The van der Waals surface area contributed by atoms with E-state index >= 15 is 0 Å². The van der Waals surface area contributed by atoms with Gasteiger partial charge in [0.05, 0.1) is 6.04 Å². The molecule has 1 unspecified atom stereocenters. The zero-order valence-electron chi connectivity index (χ0n) is 8.86. The SMILES string of the molecule is CCC(N)C(=O)NCCCc1ncn[nH]1. The Labute approximate surface area is 88.7 Å². The number of rotatable bonds is 6. The maximum atomic E-state index is 11.3. The standard InChI is InChI=1S/C9H17N5O/c1-2-7(10)9(15)11-5-3-4-8-12-6-13-14-8/h6-7H,2-5,10H2,1H3,(H,11,15)(H,12,13,14). The lowest BCUT2D eigenvalue weighted by Crippen LogP contribution is -2.40. The van der Waals surface area contributed by atoms with E-state index in [-0.39, 0.29) is 5.91 Å². The fraction of sp³-hybridized carbons (Fsp3) is 0.667. The summed E-state index contributed by atoms with van der Waals surface area (Å²) in [5.74, 6) is 0.749. The van der Waals surface area contributed by atoms with Crippen LogP contribution in [-0.4, -0.2) is 33.7 Å². The Balaban J connectivity index is 2.09. The number of hydrogen-bond donors (Lipinski definition) is 3. The summed E-state index contributed by atoms with van der Waals surface area (Å²) in [6, 6.07) is -0.393. The predicted molar refractivity (Wildman–Crippen MR) is 56.0 cm³/mol. The predicted octanol–water partition coefficient (Wildman–Crippen LogP) is -0.409. The first-order valence-electron chi connectivity index (χ1n) is 5.11. The van der Waals surface area contributed by atoms with Gasteiger partial charge in [-0.25, -0.2) is 4.98 Å². The number of nitrogens with one attached hydrogen (secondary N) is 2. The molecule has 1 aromatic heterocycles. The molecule has 6 heteroatoms. The molecule has 0 saturated carbocycles. The van der Waals surface area contributed by atoms with Gasteiger partial charge in [0.1, 0.15) is 12.2 Å². The van der Waals surface area contributed by atoms with Gasteiger partial charge in [-0.2, -0.15) is 5.10 Å². The molecule has 0 saturated heterocycles. The normalized spacial score (nSPS) is 12.4. The Morgan fingerprint density at radius 1 is 1.73 bits per heavy atom. The zero-order valence-corrected chi connectivity index (χ0v) is 8.86. The van der Waals surface area contributed by atoms with E-state index in [0.717, 1.165) is 18.7 Å². The number of aromatic amines is 1. The average molecular weight is 211 g/mol. The summed E-state index contributed by atoms with van der Waals surface area (Å²) in [5, 5.41) is 9.26. The van der Waals surface area contributed by atoms with Crippen LogP contribution in [0.3, 0.4) is 0 Å². The van der Waals surface area contributed by atoms with E-state index in [1.165, 1.54) is 6.33 Å². The van der Waals surface area contributed by atoms with Crippen molar-refractivity contribution in [2.75, 3.05) is 6.54 Å². The number of hydrogen-bond acceptors (Lipinski definition) is 4. The summed E-state index contributed by atoms with van der Waals surface area (Å²) < 4.78 is 0. The minimum atomic E-state index is -0.393. The first-order chi connectivity index (χ1) is 7.24. The van der Waals surface area contributed by atoms with Gasteiger partial charge in [-0.05, 0) is 12.8 Å². The van der Waals surface area contributed by atoms with Crippen molar-refractivity contribution in [2.24, 2.45) is 5.73 Å². The molecule has 1 atom stereocenters. The number of carbonyl (C=O) groups excluding carboxylic acids is 1. The van der Waals surface area contributed by atoms with Gasteiger partial charge in [0.25, 0.3) is 0 Å². The molecule has 6 nitrogen and oxygen atoms in total. The average Bonchev–Trinajstić information content (AvgIpc) is 2.75. The highest BCUT2D eigenvalue weighted by Gasteiger charge is 2.09. The van der Waals surface area contributed by atoms with Crippen LogP contribution >= 0.6 is 0 Å². The Bertz CT molecular complexity index is 285. The molecule has 0 bridgehead atoms. The van der Waals surface area contributed by atoms with Crippen LogP contribution in [0.4, 0.5) is 0 Å². The zero-order chi connectivity index (χ0) is 11.1. The van der Waals surface area contributed by atoms with Crippen LogP contribution in [0.15, 0.2) is 6.33 Å². The van der Waals surface area contributed by atoms with E-state index in [1.54, 1.807) is 0 Å². The molecule has 0 aliphatic rings. The lowest BCUT2D eigenvalue weighted by Gasteiger charge is -2.09. The third kappa shape index (κ3) is 4.07. The Kier molecular flexibility index (Phi) is 4.76. The fourth-order valence-corrected chi connectivity index (χ4v) is 1.14. The number of aryl methyl sites for hydroxylation is 1. The molecule has 0 radical (unpaired) electrons. The van der Waals surface area contributed by atoms with Gasteiger partial charge in [0.15, 0.2) is 0 Å². The quantitative estimate of drug-likeness (QED) is 0.557. The van der Waals surface area contributed by atoms with Crippen LogP contribution in [0, 0.1) is 0 Å². The second-order valence-corrected chi connectivity index (χ2v) is 3.34. The van der Waals surface area contributed by atoms with E-state index in [0.29, 0.717) is 13.0 Å². The van der Waals surface area contributed by atoms with E-state index in [1.807, 2.05) is 6.92 Å². The van der Waals surface area contributed by atoms with Crippen LogP contribution in [0.1, 0.15) is 25.6 Å². The third-order valence-corrected chi connectivity index (χ3v) is 2.13. The van der Waals surface area contributed by atoms with E-state index < -0.39 is 6.04 Å². The fourth-order valence-electron chi connectivity index (χ4n) is 1.14. The van der Waals surface area contributed by atoms with Gasteiger partial charge in [0, 0.05) is 13.0 Å². The highest BCUT2D eigenvalue weighted by atomic mass is 16.2. The van der Waals surface area contributed by atoms with Gasteiger partial charge in [-0.3, -0.25) is 9.89 Å². The monoisotopic (exact) mass is 211 g/mol. The summed E-state index contributed by atoms with van der Waals surface area (Å²) >= 11 is 0. The maximum absolute atomic E-state index is 11.3. The summed E-state index contributed by atoms with van der Waals surface area (Å²) in [5.41, 5.74) is 5.55. The molecule has 1 amide bonds. The lowest BCUT2D eigenvalue weighted by atomic mass is 10.2. The topological polar surface area (TPSA) is 96.7 Å². The molecular formula is C9H17N5O. The highest BCUT2D eigenvalue weighted by molar-refractivity contribution is 5.81. The molecule has 1 aromatic rings. The van der Waals surface area contributed by atoms with Crippen LogP contribution in [0.2, 0.25) is 0 Å². The minimum absolute atomic E-state index is 0.0879. The van der Waals surface area contributed by atoms with E-state index in [4.69, 9.17) is 5.73 Å². The first kappa shape index (κ1) is 11.6. The number of carbonyl (C=O) groups is 1. The molecule has 0 fully saturated rings. The van der Waals surface area contributed by atoms with Crippen molar-refractivity contribution in [3.8, 4) is 0 Å². The smallest absolute Gasteiger partial charge is 0.236 e. The van der Waals surface area contributed by atoms with Crippen molar-refractivity contribution in [3.05, 3.63) is 12.2 Å². The largest absolute Gasteiger partial charge is 0.355 e. The van der Waals surface area contributed by atoms with Gasteiger partial charge < -0.3 is 11.1 Å². The van der Waals surface area contributed by atoms with Gasteiger partial charge >= 0.3 is 0 Å². The molecule has 15 heavy (non-hydrogen) atoms. The van der Waals surface area contributed by atoms with Gasteiger partial charge in [-0.1, -0.05) is 6.92 Å². The summed E-state index contributed by atoms with van der Waals surface area (Å²) in [6.45, 7) is 2.51. The Morgan fingerprint density at radius 3 is 3.13 bits per heavy atom. The minimum Gasteiger partial charge on any atom is -0.355 e. The second kappa shape index (κ2) is 6.13. The first-order valence-corrected chi connectivity index (χ1v) is 5.11. The van der Waals surface area contributed by atoms with Crippen molar-refractivity contribution in [1.82, 2.24) is 20.5 Å². The number of aromatic nitrogens is 3. The lowest BCUT2D eigenvalue weighted by molar-refractivity contribution is -0.122. The number of nitrogens with zero attached hydrogens (tertiary/aromatic N) is 2. The summed E-state index contributed by atoms with van der Waals surface area (Å²) in [6.07, 6.45) is 3.74. The molecular weight excluding hydrogens is 194 g/mol. The number of H-pyrrole nitrogens is 1. The Hall–Kier alpha value is -1.43. The second-order valence-electron chi connectivity index (χ2n) is 3.34. The van der Waals surface area contributed by atoms with E-state index in [9.17, 15) is 4.79 Å². The molecule has 0 aromatic carbocycles. The third-order valence-electron chi connectivity index (χ3n) is 2.13.